The van der Waals surface area contributed by atoms with E-state index in [-0.39, 0.29) is 18.7 Å². The first kappa shape index (κ1) is 18.4. The molecule has 0 aliphatic heterocycles. The lowest BCUT2D eigenvalue weighted by Gasteiger charge is -2.09. The molecule has 1 aromatic heterocycles. The van der Waals surface area contributed by atoms with Gasteiger partial charge in [0.1, 0.15) is 5.82 Å². The largest absolute Gasteiger partial charge is 0.481 e. The highest BCUT2D eigenvalue weighted by Gasteiger charge is 2.14. The Balaban J connectivity index is 1.89. The van der Waals surface area contributed by atoms with Gasteiger partial charge in [-0.05, 0) is 31.0 Å². The molecule has 0 aliphatic carbocycles. The molecule has 0 bridgehead atoms. The monoisotopic (exact) mass is 363 g/mol. The lowest BCUT2D eigenvalue weighted by molar-refractivity contribution is -0.137. The number of carbonyl (C=O) groups excluding carboxylic acids is 1. The predicted molar refractivity (Wildman–Crippen MR) is 104 cm³/mol. The van der Waals surface area contributed by atoms with E-state index in [0.717, 1.165) is 22.5 Å². The van der Waals surface area contributed by atoms with E-state index in [2.05, 4.69) is 10.4 Å². The number of carboxylic acids is 1. The van der Waals surface area contributed by atoms with Crippen LogP contribution in [-0.4, -0.2) is 26.8 Å². The molecule has 0 fully saturated rings. The molecule has 0 spiro atoms. The molecule has 2 N–H and O–H groups in total. The van der Waals surface area contributed by atoms with Crippen molar-refractivity contribution in [2.75, 3.05) is 5.32 Å². The first-order valence-electron chi connectivity index (χ1n) is 8.77. The summed E-state index contributed by atoms with van der Waals surface area (Å²) in [5, 5.41) is 16.2. The van der Waals surface area contributed by atoms with Gasteiger partial charge >= 0.3 is 5.97 Å². The maximum absolute atomic E-state index is 12.2. The van der Waals surface area contributed by atoms with E-state index in [1.165, 1.54) is 0 Å². The molecule has 3 aromatic rings. The van der Waals surface area contributed by atoms with Crippen molar-refractivity contribution in [2.45, 2.75) is 26.2 Å². The second-order valence-corrected chi connectivity index (χ2v) is 6.33. The third-order valence-electron chi connectivity index (χ3n) is 4.09. The van der Waals surface area contributed by atoms with Crippen LogP contribution in [0.2, 0.25) is 0 Å². The minimum atomic E-state index is -0.904. The topological polar surface area (TPSA) is 84.2 Å². The van der Waals surface area contributed by atoms with Gasteiger partial charge in [0.05, 0.1) is 11.4 Å². The van der Waals surface area contributed by atoms with Crippen LogP contribution < -0.4 is 5.32 Å². The Morgan fingerprint density at radius 3 is 2.52 bits per heavy atom. The third-order valence-corrected chi connectivity index (χ3v) is 4.09. The number of aromatic nitrogens is 2. The number of aryl methyl sites for hydroxylation is 1. The van der Waals surface area contributed by atoms with Crippen LogP contribution in [0.5, 0.6) is 0 Å². The smallest absolute Gasteiger partial charge is 0.303 e. The number of hydrogen-bond acceptors (Lipinski definition) is 3. The predicted octanol–water partition coefficient (Wildman–Crippen LogP) is 4.04. The molecular formula is C21H21N3O3. The number of nitrogens with one attached hydrogen (secondary N) is 1. The number of carbonyl (C=O) groups is 2. The van der Waals surface area contributed by atoms with Crippen molar-refractivity contribution in [3.8, 4) is 16.9 Å². The summed E-state index contributed by atoms with van der Waals surface area (Å²) in [4.78, 5) is 22.9. The summed E-state index contributed by atoms with van der Waals surface area (Å²) in [5.41, 5.74) is 3.63. The summed E-state index contributed by atoms with van der Waals surface area (Å²) in [5.74, 6) is -0.580. The first-order valence-corrected chi connectivity index (χ1v) is 8.77. The van der Waals surface area contributed by atoms with Gasteiger partial charge < -0.3 is 10.4 Å². The molecule has 138 valence electrons. The Kier molecular flexibility index (Phi) is 5.66. The fourth-order valence-electron chi connectivity index (χ4n) is 2.78. The molecule has 6 nitrogen and oxygen atoms in total. The summed E-state index contributed by atoms with van der Waals surface area (Å²) in [6.07, 6.45) is 0.414. The molecule has 0 saturated carbocycles. The molecule has 1 amide bonds. The van der Waals surface area contributed by atoms with Gasteiger partial charge in [0.2, 0.25) is 5.91 Å². The van der Waals surface area contributed by atoms with E-state index in [9.17, 15) is 9.59 Å². The van der Waals surface area contributed by atoms with Crippen LogP contribution in [-0.2, 0) is 9.59 Å². The maximum Gasteiger partial charge on any atom is 0.303 e. The second-order valence-electron chi connectivity index (χ2n) is 6.33. The first-order chi connectivity index (χ1) is 13.0. The summed E-state index contributed by atoms with van der Waals surface area (Å²) in [6.45, 7) is 2.00. The standard InChI is InChI=1S/C21H21N3O3/c1-15-7-5-10-17(13-15)24-19(22-20(25)11-6-12-21(26)27)14-18(23-24)16-8-3-2-4-9-16/h2-5,7-10,13-14H,6,11-12H2,1H3,(H,22,25)(H,26,27). The highest BCUT2D eigenvalue weighted by Crippen LogP contribution is 2.25. The second kappa shape index (κ2) is 8.31. The van der Waals surface area contributed by atoms with Gasteiger partial charge in [0.25, 0.3) is 0 Å². The molecule has 0 saturated heterocycles. The Morgan fingerprint density at radius 1 is 1.04 bits per heavy atom. The molecule has 0 radical (unpaired) electrons. The lowest BCUT2D eigenvalue weighted by atomic mass is 10.1. The number of anilines is 1. The molecule has 1 heterocycles. The number of aliphatic carboxylic acids is 1. The van der Waals surface area contributed by atoms with Gasteiger partial charge in [-0.1, -0.05) is 42.5 Å². The van der Waals surface area contributed by atoms with E-state index >= 15 is 0 Å². The van der Waals surface area contributed by atoms with E-state index < -0.39 is 5.97 Å². The van der Waals surface area contributed by atoms with Crippen LogP contribution in [0.15, 0.2) is 60.7 Å². The molecule has 6 heteroatoms. The zero-order valence-electron chi connectivity index (χ0n) is 15.1. The molecule has 0 unspecified atom stereocenters. The average Bonchev–Trinajstić information content (AvgIpc) is 3.06. The van der Waals surface area contributed by atoms with Crippen molar-refractivity contribution in [1.82, 2.24) is 9.78 Å². The number of nitrogens with zero attached hydrogens (tertiary/aromatic N) is 2. The maximum atomic E-state index is 12.2. The Hall–Kier alpha value is -3.41. The Bertz CT molecular complexity index is 948. The van der Waals surface area contributed by atoms with Crippen molar-refractivity contribution in [1.29, 1.82) is 0 Å². The normalized spacial score (nSPS) is 10.6. The van der Waals surface area contributed by atoms with Crippen LogP contribution in [0, 0.1) is 6.92 Å². The van der Waals surface area contributed by atoms with Gasteiger partial charge in [0.15, 0.2) is 0 Å². The highest BCUT2D eigenvalue weighted by molar-refractivity contribution is 5.91. The van der Waals surface area contributed by atoms with Gasteiger partial charge in [-0.25, -0.2) is 4.68 Å². The van der Waals surface area contributed by atoms with E-state index in [0.29, 0.717) is 12.2 Å². The minimum Gasteiger partial charge on any atom is -0.481 e. The number of benzene rings is 2. The quantitative estimate of drug-likeness (QED) is 0.663. The zero-order chi connectivity index (χ0) is 19.2. The number of hydrogen-bond donors (Lipinski definition) is 2. The highest BCUT2D eigenvalue weighted by atomic mass is 16.4. The summed E-state index contributed by atoms with van der Waals surface area (Å²) >= 11 is 0. The molecule has 2 aromatic carbocycles. The average molecular weight is 363 g/mol. The van der Waals surface area contributed by atoms with Crippen molar-refractivity contribution >= 4 is 17.7 Å². The lowest BCUT2D eigenvalue weighted by Crippen LogP contribution is -2.15. The third kappa shape index (κ3) is 4.82. The van der Waals surface area contributed by atoms with Gasteiger partial charge in [0, 0.05) is 24.5 Å². The fraction of sp³-hybridized carbons (Fsp3) is 0.190. The number of carboxylic acid groups (broad SMARTS) is 1. The fourth-order valence-corrected chi connectivity index (χ4v) is 2.78. The van der Waals surface area contributed by atoms with Gasteiger partial charge in [-0.2, -0.15) is 5.10 Å². The Labute approximate surface area is 157 Å². The van der Waals surface area contributed by atoms with E-state index in [1.807, 2.05) is 67.6 Å². The summed E-state index contributed by atoms with van der Waals surface area (Å²) in [7, 11) is 0. The van der Waals surface area contributed by atoms with Crippen LogP contribution >= 0.6 is 0 Å². The minimum absolute atomic E-state index is 0.0279. The summed E-state index contributed by atoms with van der Waals surface area (Å²) < 4.78 is 1.70. The molecule has 0 atom stereocenters. The van der Waals surface area contributed by atoms with Crippen molar-refractivity contribution in [3.63, 3.8) is 0 Å². The number of rotatable bonds is 7. The van der Waals surface area contributed by atoms with Crippen LogP contribution in [0.4, 0.5) is 5.82 Å². The van der Waals surface area contributed by atoms with E-state index in [1.54, 1.807) is 4.68 Å². The van der Waals surface area contributed by atoms with Gasteiger partial charge in [-0.15, -0.1) is 0 Å². The molecular weight excluding hydrogens is 342 g/mol. The van der Waals surface area contributed by atoms with Crippen molar-refractivity contribution in [3.05, 3.63) is 66.2 Å². The van der Waals surface area contributed by atoms with Gasteiger partial charge in [-0.3, -0.25) is 9.59 Å². The van der Waals surface area contributed by atoms with Crippen LogP contribution in [0.1, 0.15) is 24.8 Å². The van der Waals surface area contributed by atoms with E-state index in [4.69, 9.17) is 5.11 Å². The Morgan fingerprint density at radius 2 is 1.81 bits per heavy atom. The molecule has 3 rings (SSSR count). The molecule has 27 heavy (non-hydrogen) atoms. The van der Waals surface area contributed by atoms with Crippen molar-refractivity contribution < 1.29 is 14.7 Å². The zero-order valence-corrected chi connectivity index (χ0v) is 15.1. The SMILES string of the molecule is Cc1cccc(-n2nc(-c3ccccc3)cc2NC(=O)CCCC(=O)O)c1. The molecule has 0 aliphatic rings. The van der Waals surface area contributed by atoms with Crippen LogP contribution in [0.25, 0.3) is 16.9 Å². The van der Waals surface area contributed by atoms with Crippen molar-refractivity contribution in [2.24, 2.45) is 0 Å². The van der Waals surface area contributed by atoms with Crippen LogP contribution in [0.3, 0.4) is 0 Å². The summed E-state index contributed by atoms with van der Waals surface area (Å²) in [6, 6.07) is 19.4. The number of amides is 1.